The topological polar surface area (TPSA) is 35.2 Å². The third-order valence-corrected chi connectivity index (χ3v) is 2.56. The highest BCUT2D eigenvalue weighted by molar-refractivity contribution is 5.48. The van der Waals surface area contributed by atoms with Gasteiger partial charge in [-0.15, -0.1) is 6.58 Å². The van der Waals surface area contributed by atoms with Crippen molar-refractivity contribution >= 4 is 5.69 Å². The van der Waals surface area contributed by atoms with Crippen LogP contribution in [0.5, 0.6) is 5.75 Å². The first-order valence-corrected chi connectivity index (χ1v) is 6.04. The van der Waals surface area contributed by atoms with Gasteiger partial charge in [0.2, 0.25) is 0 Å². The fourth-order valence-electron chi connectivity index (χ4n) is 1.52. The van der Waals surface area contributed by atoms with Gasteiger partial charge in [-0.25, -0.2) is 0 Å². The summed E-state index contributed by atoms with van der Waals surface area (Å²) in [6.45, 7) is 11.1. The van der Waals surface area contributed by atoms with E-state index in [9.17, 15) is 0 Å². The van der Waals surface area contributed by atoms with Crippen LogP contribution in [0.15, 0.2) is 30.9 Å². The average molecular weight is 233 g/mol. The molecule has 0 atom stereocenters. The highest BCUT2D eigenvalue weighted by Crippen LogP contribution is 2.24. The molecule has 0 heterocycles. The van der Waals surface area contributed by atoms with E-state index in [2.05, 4.69) is 27.4 Å². The van der Waals surface area contributed by atoms with Crippen molar-refractivity contribution in [3.05, 3.63) is 36.4 Å². The highest BCUT2D eigenvalue weighted by atomic mass is 16.5. The lowest BCUT2D eigenvalue weighted by molar-refractivity contribution is 0.241. The first kappa shape index (κ1) is 13.6. The Morgan fingerprint density at radius 1 is 1.35 bits per heavy atom. The molecule has 0 saturated carbocycles. The predicted octanol–water partition coefficient (Wildman–Crippen LogP) is 3.81. The largest absolute Gasteiger partial charge is 0.493 e. The van der Waals surface area contributed by atoms with Crippen molar-refractivity contribution in [2.75, 3.05) is 12.3 Å². The van der Waals surface area contributed by atoms with Crippen molar-refractivity contribution in [3.63, 3.8) is 0 Å². The van der Waals surface area contributed by atoms with Crippen molar-refractivity contribution in [1.82, 2.24) is 0 Å². The van der Waals surface area contributed by atoms with Gasteiger partial charge in [-0.05, 0) is 42.0 Å². The summed E-state index contributed by atoms with van der Waals surface area (Å²) in [6, 6.07) is 5.77. The molecule has 0 unspecified atom stereocenters. The van der Waals surface area contributed by atoms with Gasteiger partial charge in [0.25, 0.3) is 0 Å². The number of nitrogens with two attached hydrogens (primary N) is 1. The molecule has 17 heavy (non-hydrogen) atoms. The second-order valence-corrected chi connectivity index (χ2v) is 5.52. The molecule has 1 aromatic rings. The number of allylic oxidation sites excluding steroid dienone is 1. The number of hydrogen-bond acceptors (Lipinski definition) is 2. The van der Waals surface area contributed by atoms with Crippen LogP contribution in [0.4, 0.5) is 5.69 Å². The molecule has 1 rings (SSSR count). The van der Waals surface area contributed by atoms with E-state index in [1.807, 2.05) is 24.3 Å². The predicted molar refractivity (Wildman–Crippen MR) is 74.3 cm³/mol. The van der Waals surface area contributed by atoms with Gasteiger partial charge in [0.05, 0.1) is 6.61 Å². The number of hydrogen-bond donors (Lipinski definition) is 1. The molecule has 2 N–H and O–H groups in total. The molecule has 0 saturated heterocycles. The Morgan fingerprint density at radius 3 is 2.65 bits per heavy atom. The summed E-state index contributed by atoms with van der Waals surface area (Å²) in [5.41, 5.74) is 7.94. The fraction of sp³-hybridized carbons (Fsp3) is 0.467. The lowest BCUT2D eigenvalue weighted by Crippen LogP contribution is -2.11. The van der Waals surface area contributed by atoms with Gasteiger partial charge in [-0.2, -0.15) is 0 Å². The Morgan fingerprint density at radius 2 is 2.06 bits per heavy atom. The van der Waals surface area contributed by atoms with Gasteiger partial charge in [0.15, 0.2) is 0 Å². The van der Waals surface area contributed by atoms with E-state index < -0.39 is 0 Å². The van der Waals surface area contributed by atoms with Gasteiger partial charge < -0.3 is 10.5 Å². The van der Waals surface area contributed by atoms with Crippen LogP contribution >= 0.6 is 0 Å². The van der Waals surface area contributed by atoms with Crippen molar-refractivity contribution in [2.45, 2.75) is 33.6 Å². The van der Waals surface area contributed by atoms with Crippen LogP contribution in [-0.2, 0) is 6.42 Å². The minimum atomic E-state index is 0.298. The smallest absolute Gasteiger partial charge is 0.122 e. The van der Waals surface area contributed by atoms with E-state index in [4.69, 9.17) is 10.5 Å². The zero-order valence-corrected chi connectivity index (χ0v) is 11.1. The molecule has 1 aromatic carbocycles. The Balaban J connectivity index is 2.66. The summed E-state index contributed by atoms with van der Waals surface area (Å²) in [5.74, 6) is 0.920. The van der Waals surface area contributed by atoms with Crippen LogP contribution in [-0.4, -0.2) is 6.61 Å². The number of benzene rings is 1. The molecule has 0 radical (unpaired) electrons. The second kappa shape index (κ2) is 5.76. The van der Waals surface area contributed by atoms with Crippen molar-refractivity contribution in [3.8, 4) is 5.75 Å². The molecule has 94 valence electrons. The van der Waals surface area contributed by atoms with Crippen molar-refractivity contribution in [1.29, 1.82) is 0 Å². The number of nitrogen functional groups attached to an aromatic ring is 1. The molecule has 0 aliphatic heterocycles. The average Bonchev–Trinajstić information content (AvgIpc) is 2.20. The van der Waals surface area contributed by atoms with Crippen molar-refractivity contribution in [2.24, 2.45) is 5.41 Å². The van der Waals surface area contributed by atoms with Gasteiger partial charge in [-0.1, -0.05) is 26.8 Å². The molecule has 2 heteroatoms. The Bertz CT molecular complexity index is 377. The first-order valence-electron chi connectivity index (χ1n) is 6.04. The molecular formula is C15H23NO. The summed E-state index contributed by atoms with van der Waals surface area (Å²) in [6.07, 6.45) is 3.69. The Kier molecular flexibility index (Phi) is 4.62. The number of rotatable bonds is 5. The first-order chi connectivity index (χ1) is 7.92. The van der Waals surface area contributed by atoms with Crippen LogP contribution in [0.1, 0.15) is 32.8 Å². The van der Waals surface area contributed by atoms with Gasteiger partial charge in [0.1, 0.15) is 5.75 Å². The summed E-state index contributed by atoms with van der Waals surface area (Å²) in [4.78, 5) is 0. The van der Waals surface area contributed by atoms with Gasteiger partial charge in [-0.3, -0.25) is 0 Å². The molecule has 0 aliphatic carbocycles. The van der Waals surface area contributed by atoms with E-state index >= 15 is 0 Å². The Hall–Kier alpha value is -1.44. The van der Waals surface area contributed by atoms with Gasteiger partial charge >= 0.3 is 0 Å². The molecule has 0 spiro atoms. The lowest BCUT2D eigenvalue weighted by Gasteiger charge is -2.19. The molecule has 0 bridgehead atoms. The van der Waals surface area contributed by atoms with Crippen LogP contribution in [0, 0.1) is 5.41 Å². The molecular weight excluding hydrogens is 210 g/mol. The normalized spacial score (nSPS) is 11.2. The van der Waals surface area contributed by atoms with E-state index in [1.54, 1.807) is 0 Å². The minimum Gasteiger partial charge on any atom is -0.493 e. The Labute approximate surface area is 104 Å². The molecule has 0 aliphatic rings. The second-order valence-electron chi connectivity index (χ2n) is 5.52. The highest BCUT2D eigenvalue weighted by Gasteiger charge is 2.10. The van der Waals surface area contributed by atoms with E-state index in [-0.39, 0.29) is 0 Å². The van der Waals surface area contributed by atoms with Crippen molar-refractivity contribution < 1.29 is 4.74 Å². The molecule has 2 nitrogen and oxygen atoms in total. The summed E-state index contributed by atoms with van der Waals surface area (Å²) >= 11 is 0. The zero-order valence-electron chi connectivity index (χ0n) is 11.1. The van der Waals surface area contributed by atoms with E-state index in [1.165, 1.54) is 0 Å². The van der Waals surface area contributed by atoms with Crippen LogP contribution in [0.25, 0.3) is 0 Å². The maximum Gasteiger partial charge on any atom is 0.122 e. The quantitative estimate of drug-likeness (QED) is 0.620. The summed E-state index contributed by atoms with van der Waals surface area (Å²) in [5, 5.41) is 0. The van der Waals surface area contributed by atoms with Crippen LogP contribution in [0.2, 0.25) is 0 Å². The number of anilines is 1. The van der Waals surface area contributed by atoms with Crippen LogP contribution < -0.4 is 10.5 Å². The maximum absolute atomic E-state index is 5.82. The molecule has 0 fully saturated rings. The van der Waals surface area contributed by atoms with E-state index in [0.29, 0.717) is 5.41 Å². The standard InChI is InChI=1S/C15H23NO/c1-5-6-12-11-13(16)7-8-14(12)17-10-9-15(2,3)4/h5,7-8,11H,1,6,9-10,16H2,2-4H3. The lowest BCUT2D eigenvalue weighted by atomic mass is 9.93. The van der Waals surface area contributed by atoms with E-state index in [0.717, 1.165) is 36.4 Å². The maximum atomic E-state index is 5.82. The zero-order chi connectivity index (χ0) is 12.9. The fourth-order valence-corrected chi connectivity index (χ4v) is 1.52. The summed E-state index contributed by atoms with van der Waals surface area (Å²) in [7, 11) is 0. The molecule has 0 amide bonds. The number of ether oxygens (including phenoxy) is 1. The summed E-state index contributed by atoms with van der Waals surface area (Å²) < 4.78 is 5.82. The minimum absolute atomic E-state index is 0.298. The van der Waals surface area contributed by atoms with Crippen LogP contribution in [0.3, 0.4) is 0 Å². The monoisotopic (exact) mass is 233 g/mol. The third-order valence-electron chi connectivity index (χ3n) is 2.56. The third kappa shape index (κ3) is 4.94. The van der Waals surface area contributed by atoms with Gasteiger partial charge in [0, 0.05) is 5.69 Å². The SMILES string of the molecule is C=CCc1cc(N)ccc1OCCC(C)(C)C. The molecule has 0 aromatic heterocycles.